The van der Waals surface area contributed by atoms with Crippen molar-refractivity contribution in [1.82, 2.24) is 19.6 Å². The number of aliphatic hydroxyl groups is 13. The average Bonchev–Trinajstić information content (AvgIpc) is 3.09. The second-order valence-electron chi connectivity index (χ2n) is 15.1. The number of urea groups is 1. The van der Waals surface area contributed by atoms with E-state index in [9.17, 15) is 107 Å². The van der Waals surface area contributed by atoms with Crippen molar-refractivity contribution >= 4 is 11.9 Å². The molecule has 0 aliphatic carbocycles. The van der Waals surface area contributed by atoms with E-state index in [-0.39, 0.29) is 41.3 Å². The predicted molar refractivity (Wildman–Crippen MR) is 184 cm³/mol. The van der Waals surface area contributed by atoms with Crippen LogP contribution in [0.15, 0.2) is 42.3 Å². The Balaban J connectivity index is 2.56. The van der Waals surface area contributed by atoms with Crippen LogP contribution in [0.5, 0.6) is 0 Å². The molecule has 2 heterocycles. The van der Waals surface area contributed by atoms with Crippen molar-refractivity contribution in [2.24, 2.45) is 5.92 Å². The monoisotopic (exact) mass is 900 g/mol. The molecule has 0 saturated carbocycles. The fourth-order valence-electron chi connectivity index (χ4n) is 7.52. The number of hydrogen-bond acceptors (Lipinski definition) is 17. The van der Waals surface area contributed by atoms with Crippen molar-refractivity contribution in [3.63, 3.8) is 0 Å². The third kappa shape index (κ3) is 7.46. The van der Waals surface area contributed by atoms with E-state index in [4.69, 9.17) is 4.74 Å². The zero-order valence-corrected chi connectivity index (χ0v) is 33.3. The van der Waals surface area contributed by atoms with Crippen LogP contribution in [-0.4, -0.2) is 165 Å². The van der Waals surface area contributed by atoms with Crippen LogP contribution >= 0.6 is 0 Å². The third-order valence-electron chi connectivity index (χ3n) is 11.3. The number of carbonyl (C=O) groups is 2. The van der Waals surface area contributed by atoms with Crippen molar-refractivity contribution in [2.45, 2.75) is 119 Å². The Bertz CT molecular complexity index is 1880. The van der Waals surface area contributed by atoms with Gasteiger partial charge in [-0.2, -0.15) is 31.2 Å². The molecule has 3 rings (SSSR count). The van der Waals surface area contributed by atoms with Gasteiger partial charge in [0.2, 0.25) is 5.91 Å². The molecule has 0 radical (unpaired) electrons. The lowest BCUT2D eigenvalue weighted by Gasteiger charge is -2.71. The summed E-state index contributed by atoms with van der Waals surface area (Å²) in [6, 6.07) is -6.31. The van der Waals surface area contributed by atoms with Crippen LogP contribution in [0.2, 0.25) is 0 Å². The standard InChI is InChI=1S/C34H47F7N4O16/c1-9-10-21(35)12-11-16(2)24(4)25(5,48)22(44-32(56,57)30(52,53)43(17(3)46)31(54,55)33(44,58)59)27(50,51)34(60,61-8)45(24)23(47)42(7)26(6,49)18-13-19(28(36,37)38)15-20(14-18)29(39,40)41/h10-16,22,48-60H,9H2,1-8H3. The first kappa shape index (κ1) is 51.7. The summed E-state index contributed by atoms with van der Waals surface area (Å²) in [5.74, 6) is -34.5. The first-order valence-electron chi connectivity index (χ1n) is 17.5. The van der Waals surface area contributed by atoms with Gasteiger partial charge in [-0.1, -0.05) is 19.9 Å². The number of carbonyl (C=O) groups excluding carboxylic acids is 2. The summed E-state index contributed by atoms with van der Waals surface area (Å²) in [6.07, 6.45) is -8.64. The Morgan fingerprint density at radius 3 is 1.59 bits per heavy atom. The summed E-state index contributed by atoms with van der Waals surface area (Å²) in [5, 5.41) is 149. The molecule has 0 spiro atoms. The highest BCUT2D eigenvalue weighted by Crippen LogP contribution is 2.58. The smallest absolute Gasteiger partial charge is 0.386 e. The molecule has 6 atom stereocenters. The number of allylic oxidation sites excluding steroid dienone is 3. The van der Waals surface area contributed by atoms with Crippen molar-refractivity contribution < 1.29 is 111 Å². The zero-order chi connectivity index (χ0) is 48.1. The number of hydrogen-bond donors (Lipinski definition) is 13. The lowest BCUT2D eigenvalue weighted by molar-refractivity contribution is -0.620. The molecule has 1 aromatic rings. The van der Waals surface area contributed by atoms with E-state index in [1.165, 1.54) is 6.92 Å². The van der Waals surface area contributed by atoms with Gasteiger partial charge in [0, 0.05) is 32.6 Å². The molecule has 6 unspecified atom stereocenters. The molecule has 1 aromatic carbocycles. The van der Waals surface area contributed by atoms with E-state index >= 15 is 0 Å². The Morgan fingerprint density at radius 1 is 0.820 bits per heavy atom. The number of likely N-dealkylation sites (tertiary alicyclic amines) is 1. The van der Waals surface area contributed by atoms with Gasteiger partial charge in [0.15, 0.2) is 5.72 Å². The molecule has 0 bridgehead atoms. The lowest BCUT2D eigenvalue weighted by Crippen LogP contribution is -2.99. The number of piperazine rings is 1. The Hall–Kier alpha value is -3.65. The SMILES string of the molecule is CCC=C(F)C=CC(C)C1(C)N(C(=O)N(C)C(C)(O)c2cc(C(F)(F)F)cc(C(F)(F)F)c2)C(O)(OC)C(O)(O)C(N2C(O)(O)C(O)(O)N(C(C)=O)C(O)(O)C2(O)O)C1(C)O. The molecule has 2 aliphatic heterocycles. The maximum absolute atomic E-state index is 14.8. The van der Waals surface area contributed by atoms with E-state index in [2.05, 4.69) is 0 Å². The summed E-state index contributed by atoms with van der Waals surface area (Å²) in [7, 11) is 0.782. The maximum atomic E-state index is 14.8. The number of ether oxygens (including phenoxy) is 1. The summed E-state index contributed by atoms with van der Waals surface area (Å²) < 4.78 is 103. The number of alkyl halides is 6. The molecule has 27 heteroatoms. The van der Waals surface area contributed by atoms with Gasteiger partial charge >= 0.3 is 47.9 Å². The molecule has 2 aliphatic rings. The number of benzene rings is 1. The second kappa shape index (κ2) is 15.3. The Morgan fingerprint density at radius 2 is 1.23 bits per heavy atom. The highest BCUT2D eigenvalue weighted by atomic mass is 19.4. The topological polar surface area (TPSA) is 319 Å². The van der Waals surface area contributed by atoms with Gasteiger partial charge in [0.25, 0.3) is 5.79 Å². The quantitative estimate of drug-likeness (QED) is 0.0784. The van der Waals surface area contributed by atoms with Gasteiger partial charge in [-0.05, 0) is 57.5 Å². The minimum atomic E-state index is -5.51. The van der Waals surface area contributed by atoms with Gasteiger partial charge in [0.1, 0.15) is 17.5 Å². The maximum Gasteiger partial charge on any atom is 0.416 e. The second-order valence-corrected chi connectivity index (χ2v) is 15.1. The third-order valence-corrected chi connectivity index (χ3v) is 11.3. The minimum absolute atomic E-state index is 0.0172. The molecule has 0 aromatic heterocycles. The average molecular weight is 901 g/mol. The summed E-state index contributed by atoms with van der Waals surface area (Å²) >= 11 is 0. The summed E-state index contributed by atoms with van der Waals surface area (Å²) in [5.41, 5.74) is -15.8. The van der Waals surface area contributed by atoms with E-state index in [0.29, 0.717) is 41.0 Å². The zero-order valence-electron chi connectivity index (χ0n) is 33.3. The van der Waals surface area contributed by atoms with E-state index in [1.54, 1.807) is 0 Å². The number of amides is 3. The Labute approximate surface area is 340 Å². The van der Waals surface area contributed by atoms with E-state index in [1.807, 2.05) is 0 Å². The number of rotatable bonds is 8. The normalized spacial score (nSPS) is 30.6. The number of halogens is 7. The number of piperidine rings is 1. The van der Waals surface area contributed by atoms with Crippen molar-refractivity contribution in [2.75, 3.05) is 14.2 Å². The van der Waals surface area contributed by atoms with Crippen molar-refractivity contribution in [3.05, 3.63) is 58.9 Å². The lowest BCUT2D eigenvalue weighted by atomic mass is 9.61. The largest absolute Gasteiger partial charge is 0.416 e. The van der Waals surface area contributed by atoms with Gasteiger partial charge in [0.05, 0.1) is 16.7 Å². The predicted octanol–water partition coefficient (Wildman–Crippen LogP) is -1.72. The molecule has 20 nitrogen and oxygen atoms in total. The van der Waals surface area contributed by atoms with Gasteiger partial charge < -0.3 is 71.1 Å². The number of methoxy groups -OCH3 is 1. The van der Waals surface area contributed by atoms with Crippen LogP contribution in [0.3, 0.4) is 0 Å². The highest BCUT2D eigenvalue weighted by molar-refractivity contribution is 5.78. The minimum Gasteiger partial charge on any atom is -0.386 e. The van der Waals surface area contributed by atoms with Crippen LogP contribution in [0.4, 0.5) is 35.5 Å². The molecule has 61 heavy (non-hydrogen) atoms. The molecule has 13 N–H and O–H groups in total. The van der Waals surface area contributed by atoms with Crippen LogP contribution in [0.1, 0.15) is 64.7 Å². The first-order chi connectivity index (χ1) is 27.0. The molecule has 2 fully saturated rings. The molecule has 2 saturated heterocycles. The molecular formula is C34H47F7N4O16. The summed E-state index contributed by atoms with van der Waals surface area (Å²) in [4.78, 5) is 24.3. The number of nitrogens with zero attached hydrogens (tertiary/aromatic N) is 4. The molecule has 3 amide bonds. The van der Waals surface area contributed by atoms with Crippen LogP contribution < -0.4 is 0 Å². The van der Waals surface area contributed by atoms with E-state index < -0.39 is 121 Å². The first-order valence-corrected chi connectivity index (χ1v) is 17.5. The molecule has 348 valence electrons. The molecular weight excluding hydrogens is 853 g/mol. The van der Waals surface area contributed by atoms with Crippen LogP contribution in [0, 0.1) is 5.92 Å². The van der Waals surface area contributed by atoms with Gasteiger partial charge in [-0.3, -0.25) is 14.6 Å². The Kier molecular flexibility index (Phi) is 12.9. The highest BCUT2D eigenvalue weighted by Gasteiger charge is 2.87. The fraction of sp³-hybridized carbons (Fsp3) is 0.647. The van der Waals surface area contributed by atoms with E-state index in [0.717, 1.165) is 19.1 Å². The van der Waals surface area contributed by atoms with Crippen molar-refractivity contribution in [1.29, 1.82) is 0 Å². The van der Waals surface area contributed by atoms with Crippen molar-refractivity contribution in [3.8, 4) is 0 Å². The van der Waals surface area contributed by atoms with Crippen LogP contribution in [0.25, 0.3) is 0 Å². The van der Waals surface area contributed by atoms with Gasteiger partial charge in [-0.15, -0.1) is 0 Å². The summed E-state index contributed by atoms with van der Waals surface area (Å²) in [6.45, 7) is 4.08. The van der Waals surface area contributed by atoms with Crippen LogP contribution in [-0.2, 0) is 27.6 Å². The fourth-order valence-corrected chi connectivity index (χ4v) is 7.52. The van der Waals surface area contributed by atoms with Gasteiger partial charge in [-0.25, -0.2) is 14.1 Å².